The summed E-state index contributed by atoms with van der Waals surface area (Å²) in [6.07, 6.45) is 0.369. The minimum Gasteiger partial charge on any atom is -0.497 e. The molecule has 0 radical (unpaired) electrons. The second-order valence-electron chi connectivity index (χ2n) is 5.79. The number of fused-ring (bicyclic) bond motifs is 1. The summed E-state index contributed by atoms with van der Waals surface area (Å²) in [6, 6.07) is 13.7. The van der Waals surface area contributed by atoms with Crippen LogP contribution < -0.4 is 10.4 Å². The van der Waals surface area contributed by atoms with Gasteiger partial charge in [-0.05, 0) is 41.8 Å². The number of hydrogen-bond donors (Lipinski definition) is 0. The molecule has 3 rings (SSSR count). The summed E-state index contributed by atoms with van der Waals surface area (Å²) in [4.78, 5) is 24.5. The topological polar surface area (TPSA) is 65.7 Å². The predicted octanol–water partition coefficient (Wildman–Crippen LogP) is 3.95. The van der Waals surface area contributed by atoms with Crippen molar-refractivity contribution in [2.24, 2.45) is 0 Å². The van der Waals surface area contributed by atoms with Crippen molar-refractivity contribution in [3.8, 4) is 5.75 Å². The average Bonchev–Trinajstić information content (AvgIpc) is 2.65. The molecule has 0 aliphatic rings. The molecule has 1 aromatic heterocycles. The van der Waals surface area contributed by atoms with Crippen molar-refractivity contribution in [3.05, 3.63) is 75.1 Å². The van der Waals surface area contributed by atoms with Gasteiger partial charge in [-0.25, -0.2) is 4.79 Å². The maximum Gasteiger partial charge on any atom is 0.336 e. The number of hydrogen-bond acceptors (Lipinski definition) is 5. The molecule has 3 aromatic rings. The first kappa shape index (κ1) is 18.0. The summed E-state index contributed by atoms with van der Waals surface area (Å²) in [6.45, 7) is 0. The summed E-state index contributed by atoms with van der Waals surface area (Å²) < 4.78 is 15.4. The smallest absolute Gasteiger partial charge is 0.336 e. The minimum absolute atomic E-state index is 0.358. The molecule has 134 valence electrons. The van der Waals surface area contributed by atoms with Crippen molar-refractivity contribution in [2.45, 2.75) is 12.3 Å². The number of halogens is 1. The highest BCUT2D eigenvalue weighted by Crippen LogP contribution is 2.30. The Labute approximate surface area is 155 Å². The highest BCUT2D eigenvalue weighted by atomic mass is 35.5. The zero-order chi connectivity index (χ0) is 18.7. The van der Waals surface area contributed by atoms with E-state index in [9.17, 15) is 9.59 Å². The Morgan fingerprint density at radius 2 is 1.85 bits per heavy atom. The summed E-state index contributed by atoms with van der Waals surface area (Å²) in [5.41, 5.74) is 1.28. The van der Waals surface area contributed by atoms with Gasteiger partial charge < -0.3 is 13.9 Å². The van der Waals surface area contributed by atoms with Crippen LogP contribution in [0.3, 0.4) is 0 Å². The third-order valence-corrected chi connectivity index (χ3v) is 4.45. The van der Waals surface area contributed by atoms with Crippen LogP contribution in [-0.4, -0.2) is 20.2 Å². The highest BCUT2D eigenvalue weighted by molar-refractivity contribution is 6.30. The predicted molar refractivity (Wildman–Crippen MR) is 98.9 cm³/mol. The molecule has 0 bridgehead atoms. The van der Waals surface area contributed by atoms with Crippen LogP contribution in [0.25, 0.3) is 11.0 Å². The van der Waals surface area contributed by atoms with Crippen molar-refractivity contribution in [1.29, 1.82) is 0 Å². The number of methoxy groups -OCH3 is 2. The SMILES string of the molecule is COC(=O)C(Cc1ccc(Cl)cc1)c1cc(=O)oc2cc(OC)ccc12. The Balaban J connectivity index is 2.12. The fourth-order valence-corrected chi connectivity index (χ4v) is 3.03. The molecule has 0 aliphatic heterocycles. The molecule has 0 amide bonds. The van der Waals surface area contributed by atoms with Crippen LogP contribution in [0.1, 0.15) is 17.0 Å². The Bertz CT molecular complexity index is 991. The van der Waals surface area contributed by atoms with Crippen LogP contribution in [0, 0.1) is 0 Å². The molecule has 5 nitrogen and oxygen atoms in total. The lowest BCUT2D eigenvalue weighted by atomic mass is 9.90. The number of benzene rings is 2. The molecule has 6 heteroatoms. The van der Waals surface area contributed by atoms with Gasteiger partial charge in [0.05, 0.1) is 20.1 Å². The lowest BCUT2D eigenvalue weighted by Crippen LogP contribution is -2.19. The number of rotatable bonds is 5. The quantitative estimate of drug-likeness (QED) is 0.501. The van der Waals surface area contributed by atoms with E-state index in [0.717, 1.165) is 5.56 Å². The van der Waals surface area contributed by atoms with Gasteiger partial charge in [0, 0.05) is 22.5 Å². The number of ether oxygens (including phenoxy) is 2. The van der Waals surface area contributed by atoms with E-state index >= 15 is 0 Å². The summed E-state index contributed by atoms with van der Waals surface area (Å²) >= 11 is 5.93. The zero-order valence-electron chi connectivity index (χ0n) is 14.3. The van der Waals surface area contributed by atoms with Crippen LogP contribution in [-0.2, 0) is 16.0 Å². The molecule has 1 unspecified atom stereocenters. The molecule has 0 saturated carbocycles. The molecule has 0 N–H and O–H groups in total. The Morgan fingerprint density at radius 1 is 1.12 bits per heavy atom. The Hall–Kier alpha value is -2.79. The van der Waals surface area contributed by atoms with Crippen molar-refractivity contribution in [1.82, 2.24) is 0 Å². The summed E-state index contributed by atoms with van der Waals surface area (Å²) in [5.74, 6) is -0.519. The third kappa shape index (κ3) is 3.73. The van der Waals surface area contributed by atoms with Crippen LogP contribution >= 0.6 is 11.6 Å². The van der Waals surface area contributed by atoms with Crippen molar-refractivity contribution >= 4 is 28.5 Å². The van der Waals surface area contributed by atoms with Gasteiger partial charge in [0.1, 0.15) is 11.3 Å². The Kier molecular flexibility index (Phi) is 5.28. The minimum atomic E-state index is -0.652. The van der Waals surface area contributed by atoms with Gasteiger partial charge in [0.15, 0.2) is 0 Å². The molecule has 1 heterocycles. The summed E-state index contributed by atoms with van der Waals surface area (Å²) in [5, 5.41) is 1.27. The average molecular weight is 373 g/mol. The van der Waals surface area contributed by atoms with Crippen molar-refractivity contribution < 1.29 is 18.7 Å². The zero-order valence-corrected chi connectivity index (χ0v) is 15.1. The number of carbonyl (C=O) groups is 1. The van der Waals surface area contributed by atoms with Crippen LogP contribution in [0.15, 0.2) is 57.7 Å². The highest BCUT2D eigenvalue weighted by Gasteiger charge is 2.25. The second kappa shape index (κ2) is 7.62. The van der Waals surface area contributed by atoms with Crippen LogP contribution in [0.4, 0.5) is 0 Å². The molecule has 0 saturated heterocycles. The first-order valence-electron chi connectivity index (χ1n) is 7.96. The molecule has 1 atom stereocenters. The van der Waals surface area contributed by atoms with Crippen LogP contribution in [0.5, 0.6) is 5.75 Å². The van der Waals surface area contributed by atoms with E-state index in [1.165, 1.54) is 20.3 Å². The van der Waals surface area contributed by atoms with Crippen molar-refractivity contribution in [2.75, 3.05) is 14.2 Å². The van der Waals surface area contributed by atoms with Gasteiger partial charge in [-0.1, -0.05) is 23.7 Å². The van der Waals surface area contributed by atoms with E-state index < -0.39 is 17.5 Å². The first-order valence-corrected chi connectivity index (χ1v) is 8.33. The van der Waals surface area contributed by atoms with E-state index in [0.29, 0.717) is 33.7 Å². The fourth-order valence-electron chi connectivity index (χ4n) is 2.90. The van der Waals surface area contributed by atoms with Gasteiger partial charge >= 0.3 is 11.6 Å². The fraction of sp³-hybridized carbons (Fsp3) is 0.200. The normalized spacial score (nSPS) is 12.0. The van der Waals surface area contributed by atoms with Gasteiger partial charge in [0.25, 0.3) is 0 Å². The maximum absolute atomic E-state index is 12.5. The van der Waals surface area contributed by atoms with Gasteiger partial charge in [0.2, 0.25) is 0 Å². The largest absolute Gasteiger partial charge is 0.497 e. The first-order chi connectivity index (χ1) is 12.5. The molecule has 0 fully saturated rings. The molecular weight excluding hydrogens is 356 g/mol. The third-order valence-electron chi connectivity index (χ3n) is 4.20. The molecule has 0 aliphatic carbocycles. The van der Waals surface area contributed by atoms with Gasteiger partial charge in [-0.2, -0.15) is 0 Å². The molecule has 26 heavy (non-hydrogen) atoms. The lowest BCUT2D eigenvalue weighted by molar-refractivity contribution is -0.142. The number of carbonyl (C=O) groups excluding carboxylic acids is 1. The van der Waals surface area contributed by atoms with E-state index in [1.54, 1.807) is 30.3 Å². The van der Waals surface area contributed by atoms with E-state index in [2.05, 4.69) is 0 Å². The molecular formula is C20H17ClO5. The maximum atomic E-state index is 12.5. The van der Waals surface area contributed by atoms with E-state index in [4.69, 9.17) is 25.5 Å². The molecule has 2 aromatic carbocycles. The standard InChI is InChI=1S/C20H17ClO5/c1-24-14-7-8-15-16(11-19(22)26-18(15)10-14)17(20(23)25-2)9-12-3-5-13(21)6-4-12/h3-8,10-11,17H,9H2,1-2H3. The van der Waals surface area contributed by atoms with Crippen molar-refractivity contribution in [3.63, 3.8) is 0 Å². The van der Waals surface area contributed by atoms with Crippen LogP contribution in [0.2, 0.25) is 5.02 Å². The van der Waals surface area contributed by atoms with Gasteiger partial charge in [-0.15, -0.1) is 0 Å². The monoisotopic (exact) mass is 372 g/mol. The summed E-state index contributed by atoms with van der Waals surface area (Å²) in [7, 11) is 2.86. The van der Waals surface area contributed by atoms with E-state index in [-0.39, 0.29) is 0 Å². The van der Waals surface area contributed by atoms with E-state index in [1.807, 2.05) is 12.1 Å². The molecule has 0 spiro atoms. The van der Waals surface area contributed by atoms with Gasteiger partial charge in [-0.3, -0.25) is 4.79 Å². The number of esters is 1. The Morgan fingerprint density at radius 3 is 2.50 bits per heavy atom. The second-order valence-corrected chi connectivity index (χ2v) is 6.23. The lowest BCUT2D eigenvalue weighted by Gasteiger charge is -2.17.